The van der Waals surface area contributed by atoms with Crippen LogP contribution in [-0.4, -0.2) is 54.2 Å². The lowest BCUT2D eigenvalue weighted by atomic mass is 10.1. The second-order valence-electron chi connectivity index (χ2n) is 8.82. The first kappa shape index (κ1) is 19.4. The zero-order chi connectivity index (χ0) is 20.3. The predicted octanol–water partition coefficient (Wildman–Crippen LogP) is 3.82. The van der Waals surface area contributed by atoms with E-state index in [1.807, 2.05) is 30.3 Å². The van der Waals surface area contributed by atoms with Crippen LogP contribution in [-0.2, 0) is 0 Å². The zero-order valence-corrected chi connectivity index (χ0v) is 17.5. The van der Waals surface area contributed by atoms with Crippen LogP contribution in [0.2, 0.25) is 0 Å². The minimum Gasteiger partial charge on any atom is -0.354 e. The maximum Gasteiger partial charge on any atom is 0.319 e. The van der Waals surface area contributed by atoms with Crippen molar-refractivity contribution in [3.63, 3.8) is 0 Å². The van der Waals surface area contributed by atoms with Gasteiger partial charge in [0.25, 0.3) is 0 Å². The van der Waals surface area contributed by atoms with Gasteiger partial charge in [0.2, 0.25) is 0 Å². The van der Waals surface area contributed by atoms with Crippen LogP contribution in [0.5, 0.6) is 0 Å². The number of nitrogens with zero attached hydrogens (tertiary/aromatic N) is 3. The normalized spacial score (nSPS) is 24.6. The number of anilines is 2. The van der Waals surface area contributed by atoms with Crippen LogP contribution in [0.1, 0.15) is 43.6 Å². The number of hydrogen-bond donors (Lipinski definition) is 2. The monoisotopic (exact) mass is 405 g/mol. The summed E-state index contributed by atoms with van der Waals surface area (Å²) in [7, 11) is 0. The van der Waals surface area contributed by atoms with Crippen molar-refractivity contribution < 1.29 is 4.79 Å². The fraction of sp³-hybridized carbons (Fsp3) is 0.500. The minimum absolute atomic E-state index is 0.154. The summed E-state index contributed by atoms with van der Waals surface area (Å²) in [6.45, 7) is 4.30. The maximum atomic E-state index is 12.3. The van der Waals surface area contributed by atoms with Crippen molar-refractivity contribution in [1.29, 1.82) is 0 Å². The molecule has 0 radical (unpaired) electrons. The Morgan fingerprint density at radius 2 is 1.73 bits per heavy atom. The van der Waals surface area contributed by atoms with Gasteiger partial charge in [0.1, 0.15) is 5.82 Å². The molecule has 6 nitrogen and oxygen atoms in total. The largest absolute Gasteiger partial charge is 0.354 e. The van der Waals surface area contributed by atoms with E-state index in [0.29, 0.717) is 5.92 Å². The summed E-state index contributed by atoms with van der Waals surface area (Å²) in [5.41, 5.74) is 2.03. The van der Waals surface area contributed by atoms with Gasteiger partial charge in [0, 0.05) is 44.2 Å². The van der Waals surface area contributed by atoms with E-state index >= 15 is 0 Å². The minimum atomic E-state index is -0.154. The standard InChI is InChI=1S/C24H31N5O/c30-24(27-22-16-21(22)18-6-2-1-3-7-18)26-19-10-11-23(25-17-19)29-14-12-28(13-15-29)20-8-4-5-9-20/h1-3,6-7,10-11,17,20-22H,4-5,8-9,12-16H2,(H2,26,27,30). The number of aromatic nitrogens is 1. The molecule has 1 aromatic carbocycles. The van der Waals surface area contributed by atoms with Crippen LogP contribution in [0.4, 0.5) is 16.3 Å². The molecule has 0 bridgehead atoms. The Morgan fingerprint density at radius 3 is 2.43 bits per heavy atom. The molecule has 3 aliphatic rings. The van der Waals surface area contributed by atoms with Crippen molar-refractivity contribution in [2.24, 2.45) is 0 Å². The summed E-state index contributed by atoms with van der Waals surface area (Å²) in [4.78, 5) is 21.9. The Kier molecular flexibility index (Phi) is 5.58. The van der Waals surface area contributed by atoms with Crippen LogP contribution in [0.15, 0.2) is 48.7 Å². The molecular formula is C24H31N5O. The number of rotatable bonds is 5. The predicted molar refractivity (Wildman–Crippen MR) is 120 cm³/mol. The number of hydrogen-bond acceptors (Lipinski definition) is 4. The molecule has 2 aliphatic carbocycles. The van der Waals surface area contributed by atoms with Gasteiger partial charge in [-0.3, -0.25) is 4.90 Å². The molecule has 5 rings (SSSR count). The number of carbonyl (C=O) groups is 1. The first-order chi connectivity index (χ1) is 14.8. The van der Waals surface area contributed by atoms with Gasteiger partial charge in [-0.1, -0.05) is 43.2 Å². The molecule has 2 heterocycles. The maximum absolute atomic E-state index is 12.3. The number of pyridine rings is 1. The first-order valence-electron chi connectivity index (χ1n) is 11.3. The second-order valence-corrected chi connectivity index (χ2v) is 8.82. The first-order valence-corrected chi connectivity index (χ1v) is 11.3. The summed E-state index contributed by atoms with van der Waals surface area (Å²) in [6, 6.07) is 15.2. The van der Waals surface area contributed by atoms with Gasteiger partial charge in [-0.05, 0) is 37.0 Å². The van der Waals surface area contributed by atoms with E-state index in [0.717, 1.165) is 50.1 Å². The van der Waals surface area contributed by atoms with Gasteiger partial charge in [0.05, 0.1) is 11.9 Å². The number of carbonyl (C=O) groups excluding carboxylic acids is 1. The third-order valence-corrected chi connectivity index (χ3v) is 6.82. The van der Waals surface area contributed by atoms with E-state index < -0.39 is 0 Å². The number of benzene rings is 1. The van der Waals surface area contributed by atoms with Crippen molar-refractivity contribution >= 4 is 17.5 Å². The molecule has 3 fully saturated rings. The topological polar surface area (TPSA) is 60.5 Å². The van der Waals surface area contributed by atoms with Crippen molar-refractivity contribution in [2.45, 2.75) is 50.1 Å². The summed E-state index contributed by atoms with van der Waals surface area (Å²) in [5.74, 6) is 1.43. The lowest BCUT2D eigenvalue weighted by Crippen LogP contribution is -2.49. The molecule has 2 N–H and O–H groups in total. The Labute approximate surface area is 178 Å². The molecule has 30 heavy (non-hydrogen) atoms. The zero-order valence-electron chi connectivity index (χ0n) is 17.5. The van der Waals surface area contributed by atoms with Crippen molar-refractivity contribution in [1.82, 2.24) is 15.2 Å². The van der Waals surface area contributed by atoms with E-state index in [4.69, 9.17) is 0 Å². The molecule has 6 heteroatoms. The number of urea groups is 1. The second kappa shape index (κ2) is 8.64. The molecule has 1 aromatic heterocycles. The number of piperazine rings is 1. The van der Waals surface area contributed by atoms with Gasteiger partial charge in [-0.25, -0.2) is 9.78 Å². The third-order valence-electron chi connectivity index (χ3n) is 6.82. The smallest absolute Gasteiger partial charge is 0.319 e. The summed E-state index contributed by atoms with van der Waals surface area (Å²) < 4.78 is 0. The lowest BCUT2D eigenvalue weighted by Gasteiger charge is -2.38. The van der Waals surface area contributed by atoms with Gasteiger partial charge >= 0.3 is 6.03 Å². The van der Waals surface area contributed by atoms with Gasteiger partial charge < -0.3 is 15.5 Å². The van der Waals surface area contributed by atoms with Crippen LogP contribution in [0.25, 0.3) is 0 Å². The Bertz CT molecular complexity index is 842. The highest BCUT2D eigenvalue weighted by atomic mass is 16.2. The van der Waals surface area contributed by atoms with Crippen molar-refractivity contribution in [3.05, 3.63) is 54.2 Å². The summed E-state index contributed by atoms with van der Waals surface area (Å²) in [6.07, 6.45) is 8.28. The molecular weight excluding hydrogens is 374 g/mol. The molecule has 0 spiro atoms. The van der Waals surface area contributed by atoms with Crippen LogP contribution >= 0.6 is 0 Å². The fourth-order valence-corrected chi connectivity index (χ4v) is 4.99. The van der Waals surface area contributed by atoms with E-state index in [1.165, 1.54) is 31.2 Å². The molecule has 2 saturated carbocycles. The third kappa shape index (κ3) is 4.43. The highest BCUT2D eigenvalue weighted by molar-refractivity contribution is 5.89. The van der Waals surface area contributed by atoms with Gasteiger partial charge in [0.15, 0.2) is 0 Å². The van der Waals surface area contributed by atoms with E-state index in [9.17, 15) is 4.79 Å². The van der Waals surface area contributed by atoms with Crippen LogP contribution < -0.4 is 15.5 Å². The molecule has 2 unspecified atom stereocenters. The Hall–Kier alpha value is -2.60. The Morgan fingerprint density at radius 1 is 0.967 bits per heavy atom. The molecule has 1 saturated heterocycles. The van der Waals surface area contributed by atoms with E-state index in [-0.39, 0.29) is 12.1 Å². The molecule has 2 amide bonds. The summed E-state index contributed by atoms with van der Waals surface area (Å²) >= 11 is 0. The highest BCUT2D eigenvalue weighted by Gasteiger charge is 2.39. The number of nitrogens with one attached hydrogen (secondary N) is 2. The average molecular weight is 406 g/mol. The SMILES string of the molecule is O=C(Nc1ccc(N2CCN(C3CCCC3)CC2)nc1)NC1CC1c1ccccc1. The molecule has 158 valence electrons. The lowest BCUT2D eigenvalue weighted by molar-refractivity contribution is 0.187. The molecule has 1 aliphatic heterocycles. The van der Waals surface area contributed by atoms with E-state index in [2.05, 4.69) is 37.6 Å². The van der Waals surface area contributed by atoms with Gasteiger partial charge in [-0.2, -0.15) is 0 Å². The van der Waals surface area contributed by atoms with Crippen molar-refractivity contribution in [3.8, 4) is 0 Å². The average Bonchev–Trinajstić information content (AvgIpc) is 3.32. The fourth-order valence-electron chi connectivity index (χ4n) is 4.99. The van der Waals surface area contributed by atoms with E-state index in [1.54, 1.807) is 6.20 Å². The molecule has 2 atom stereocenters. The van der Waals surface area contributed by atoms with Crippen LogP contribution in [0.3, 0.4) is 0 Å². The van der Waals surface area contributed by atoms with Crippen molar-refractivity contribution in [2.75, 3.05) is 36.4 Å². The Balaban J connectivity index is 1.09. The quantitative estimate of drug-likeness (QED) is 0.794. The van der Waals surface area contributed by atoms with Gasteiger partial charge in [-0.15, -0.1) is 0 Å². The number of amides is 2. The highest BCUT2D eigenvalue weighted by Crippen LogP contribution is 2.40. The molecule has 2 aromatic rings. The van der Waals surface area contributed by atoms with Crippen LogP contribution in [0, 0.1) is 0 Å². The summed E-state index contributed by atoms with van der Waals surface area (Å²) in [5, 5.41) is 5.99.